The summed E-state index contributed by atoms with van der Waals surface area (Å²) < 4.78 is 11.0. The van der Waals surface area contributed by atoms with Crippen LogP contribution in [0.25, 0.3) is 0 Å². The topological polar surface area (TPSA) is 38.8 Å². The van der Waals surface area contributed by atoms with Crippen LogP contribution in [0.5, 0.6) is 0 Å². The first-order valence-electron chi connectivity index (χ1n) is 8.76. The number of hydrogen-bond donors (Lipinski definition) is 0. The van der Waals surface area contributed by atoms with Gasteiger partial charge in [-0.15, -0.1) is 11.3 Å². The van der Waals surface area contributed by atoms with Gasteiger partial charge in [0.15, 0.2) is 0 Å². The molecular weight excluding hydrogens is 310 g/mol. The lowest BCUT2D eigenvalue weighted by molar-refractivity contribution is -0.149. The van der Waals surface area contributed by atoms with Gasteiger partial charge < -0.3 is 9.47 Å². The van der Waals surface area contributed by atoms with Gasteiger partial charge in [0.1, 0.15) is 0 Å². The van der Waals surface area contributed by atoms with Gasteiger partial charge in [-0.05, 0) is 43.6 Å². The molecule has 4 heterocycles. The summed E-state index contributed by atoms with van der Waals surface area (Å²) in [6.45, 7) is 1.94. The zero-order chi connectivity index (χ0) is 15.8. The number of piperidine rings is 1. The van der Waals surface area contributed by atoms with E-state index in [0.29, 0.717) is 18.2 Å². The second kappa shape index (κ2) is 6.54. The molecule has 2 bridgehead atoms. The van der Waals surface area contributed by atoms with E-state index in [0.717, 1.165) is 19.6 Å². The van der Waals surface area contributed by atoms with E-state index in [-0.39, 0.29) is 17.8 Å². The number of carbonyl (C=O) groups excluding carboxylic acids is 1. The largest absolute Gasteiger partial charge is 0.469 e. The van der Waals surface area contributed by atoms with Crippen LogP contribution in [0.3, 0.4) is 0 Å². The molecule has 1 unspecified atom stereocenters. The van der Waals surface area contributed by atoms with Crippen LogP contribution in [0.15, 0.2) is 17.5 Å². The molecule has 3 saturated heterocycles. The number of fused-ring (bicyclic) bond motifs is 2. The lowest BCUT2D eigenvalue weighted by Gasteiger charge is -2.44. The molecule has 0 spiro atoms. The summed E-state index contributed by atoms with van der Waals surface area (Å²) in [5.74, 6) is 0.261. The van der Waals surface area contributed by atoms with Crippen molar-refractivity contribution in [3.05, 3.63) is 22.4 Å². The Balaban J connectivity index is 1.60. The minimum atomic E-state index is -0.0305. The summed E-state index contributed by atoms with van der Waals surface area (Å²) >= 11 is 1.78. The Kier molecular flexibility index (Phi) is 4.43. The van der Waals surface area contributed by atoms with Crippen molar-refractivity contribution in [2.45, 2.75) is 56.2 Å². The molecule has 0 N–H and O–H groups in total. The van der Waals surface area contributed by atoms with E-state index in [9.17, 15) is 4.79 Å². The second-order valence-corrected chi connectivity index (χ2v) is 8.02. The highest BCUT2D eigenvalue weighted by molar-refractivity contribution is 7.10. The Morgan fingerprint density at radius 1 is 1.43 bits per heavy atom. The first-order valence-corrected chi connectivity index (χ1v) is 9.64. The predicted octanol–water partition coefficient (Wildman–Crippen LogP) is 3.04. The van der Waals surface area contributed by atoms with Crippen molar-refractivity contribution in [3.63, 3.8) is 0 Å². The van der Waals surface area contributed by atoms with Gasteiger partial charge in [-0.25, -0.2) is 0 Å². The molecule has 3 fully saturated rings. The summed E-state index contributed by atoms with van der Waals surface area (Å²) in [5.41, 5.74) is 0. The van der Waals surface area contributed by atoms with Crippen LogP contribution in [0, 0.1) is 5.92 Å². The fraction of sp³-hybridized carbons (Fsp3) is 0.722. The molecule has 1 aromatic heterocycles. The van der Waals surface area contributed by atoms with Crippen LogP contribution in [0.2, 0.25) is 0 Å². The van der Waals surface area contributed by atoms with Gasteiger partial charge in [0, 0.05) is 36.0 Å². The van der Waals surface area contributed by atoms with Gasteiger partial charge in [-0.3, -0.25) is 9.69 Å². The maximum atomic E-state index is 12.4. The van der Waals surface area contributed by atoms with Gasteiger partial charge in [-0.1, -0.05) is 6.07 Å². The summed E-state index contributed by atoms with van der Waals surface area (Å²) in [6, 6.07) is 5.26. The lowest BCUT2D eigenvalue weighted by Crippen LogP contribution is -2.51. The first kappa shape index (κ1) is 15.6. The highest BCUT2D eigenvalue weighted by atomic mass is 32.1. The zero-order valence-electron chi connectivity index (χ0n) is 13.6. The van der Waals surface area contributed by atoms with E-state index in [4.69, 9.17) is 9.47 Å². The van der Waals surface area contributed by atoms with E-state index < -0.39 is 0 Å². The summed E-state index contributed by atoms with van der Waals surface area (Å²) in [6.07, 6.45) is 6.07. The van der Waals surface area contributed by atoms with Crippen molar-refractivity contribution in [1.29, 1.82) is 0 Å². The summed E-state index contributed by atoms with van der Waals surface area (Å²) in [5, 5.41) is 2.12. The van der Waals surface area contributed by atoms with Crippen molar-refractivity contribution >= 4 is 17.3 Å². The number of hydrogen-bond acceptors (Lipinski definition) is 5. The highest BCUT2D eigenvalue weighted by Crippen LogP contribution is 2.49. The van der Waals surface area contributed by atoms with Crippen molar-refractivity contribution in [2.24, 2.45) is 5.92 Å². The second-order valence-electron chi connectivity index (χ2n) is 7.04. The quantitative estimate of drug-likeness (QED) is 0.793. The van der Waals surface area contributed by atoms with E-state index in [1.807, 2.05) is 0 Å². The van der Waals surface area contributed by atoms with Gasteiger partial charge in [0.05, 0.1) is 19.1 Å². The Labute approximate surface area is 141 Å². The summed E-state index contributed by atoms with van der Waals surface area (Å²) in [7, 11) is 1.52. The van der Waals surface area contributed by atoms with E-state index in [1.54, 1.807) is 11.3 Å². The normalized spacial score (nSPS) is 37.2. The Morgan fingerprint density at radius 3 is 3.04 bits per heavy atom. The minimum absolute atomic E-state index is 0.0110. The van der Waals surface area contributed by atoms with Crippen molar-refractivity contribution in [1.82, 2.24) is 4.90 Å². The number of ether oxygens (including phenoxy) is 2. The van der Waals surface area contributed by atoms with Crippen LogP contribution in [-0.2, 0) is 14.3 Å². The molecule has 0 aliphatic carbocycles. The van der Waals surface area contributed by atoms with E-state index in [1.165, 1.54) is 37.7 Å². The molecule has 3 aliphatic rings. The molecule has 126 valence electrons. The van der Waals surface area contributed by atoms with Crippen molar-refractivity contribution in [2.75, 3.05) is 20.3 Å². The van der Waals surface area contributed by atoms with Gasteiger partial charge in [0.25, 0.3) is 0 Å². The first-order chi connectivity index (χ1) is 11.3. The van der Waals surface area contributed by atoms with Gasteiger partial charge in [-0.2, -0.15) is 0 Å². The highest BCUT2D eigenvalue weighted by Gasteiger charge is 2.51. The van der Waals surface area contributed by atoms with Crippen LogP contribution < -0.4 is 0 Å². The Morgan fingerprint density at radius 2 is 2.35 bits per heavy atom. The third kappa shape index (κ3) is 2.83. The average molecular weight is 335 g/mol. The molecule has 4 nitrogen and oxygen atoms in total. The van der Waals surface area contributed by atoms with Crippen LogP contribution in [-0.4, -0.2) is 49.3 Å². The third-order valence-electron chi connectivity index (χ3n) is 5.88. The number of esters is 1. The van der Waals surface area contributed by atoms with Crippen LogP contribution in [0.1, 0.15) is 42.9 Å². The lowest BCUT2D eigenvalue weighted by atomic mass is 9.78. The van der Waals surface area contributed by atoms with Gasteiger partial charge >= 0.3 is 5.97 Å². The molecule has 0 radical (unpaired) electrons. The zero-order valence-corrected chi connectivity index (χ0v) is 14.5. The monoisotopic (exact) mass is 335 g/mol. The van der Waals surface area contributed by atoms with Crippen LogP contribution in [0.4, 0.5) is 0 Å². The minimum Gasteiger partial charge on any atom is -0.469 e. The van der Waals surface area contributed by atoms with Gasteiger partial charge in [0.2, 0.25) is 0 Å². The SMILES string of the molecule is COC(=O)[C@H]1C[C@H]2CC[C@H]([C@H]1c1cccs1)N2CC1CCCO1. The predicted molar refractivity (Wildman–Crippen MR) is 89.7 cm³/mol. The van der Waals surface area contributed by atoms with Crippen molar-refractivity contribution < 1.29 is 14.3 Å². The molecule has 0 saturated carbocycles. The third-order valence-corrected chi connectivity index (χ3v) is 6.85. The Hall–Kier alpha value is -0.910. The fourth-order valence-corrected chi connectivity index (χ4v) is 5.83. The number of carbonyl (C=O) groups is 1. The molecule has 4 rings (SSSR count). The molecule has 23 heavy (non-hydrogen) atoms. The molecule has 3 aliphatic heterocycles. The standard InChI is InChI=1S/C18H25NO3S/c1-21-18(20)14-10-12-6-7-15(17(14)16-5-3-9-23-16)19(12)11-13-4-2-8-22-13/h3,5,9,12-15,17H,2,4,6-8,10-11H2,1H3/t12-,13?,14+,15-,17+/m1/s1. The average Bonchev–Trinajstić information content (AvgIpc) is 3.30. The maximum Gasteiger partial charge on any atom is 0.309 e. The number of methoxy groups -OCH3 is 1. The molecule has 5 atom stereocenters. The molecule has 1 aromatic rings. The number of nitrogens with zero attached hydrogens (tertiary/aromatic N) is 1. The molecule has 5 heteroatoms. The van der Waals surface area contributed by atoms with Crippen molar-refractivity contribution in [3.8, 4) is 0 Å². The number of rotatable bonds is 4. The van der Waals surface area contributed by atoms with E-state index in [2.05, 4.69) is 22.4 Å². The van der Waals surface area contributed by atoms with Crippen LogP contribution >= 0.6 is 11.3 Å². The maximum absolute atomic E-state index is 12.4. The fourth-order valence-electron chi connectivity index (χ4n) is 4.88. The summed E-state index contributed by atoms with van der Waals surface area (Å²) in [4.78, 5) is 16.4. The molecule has 0 aromatic carbocycles. The smallest absolute Gasteiger partial charge is 0.309 e. The molecular formula is C18H25NO3S. The Bertz CT molecular complexity index is 540. The molecule has 0 amide bonds. The number of thiophene rings is 1. The van der Waals surface area contributed by atoms with E-state index >= 15 is 0 Å².